The lowest BCUT2D eigenvalue weighted by atomic mass is 10.1. The van der Waals surface area contributed by atoms with Gasteiger partial charge in [-0.2, -0.15) is 4.31 Å². The number of likely N-dealkylation sites (N-methyl/N-ethyl adjacent to an activating group) is 1. The Kier molecular flexibility index (Phi) is 7.35. The zero-order valence-electron chi connectivity index (χ0n) is 18.7. The molecule has 0 atom stereocenters. The van der Waals surface area contributed by atoms with E-state index in [9.17, 15) is 13.2 Å². The molecule has 1 saturated heterocycles. The molecule has 1 N–H and O–H groups in total. The number of sulfonamides is 1. The molecule has 8 heteroatoms. The number of hydrogen-bond acceptors (Lipinski definition) is 5. The first-order chi connectivity index (χ1) is 14.7. The highest BCUT2D eigenvalue weighted by Gasteiger charge is 2.24. The predicted octanol–water partition coefficient (Wildman–Crippen LogP) is 3.11. The second kappa shape index (κ2) is 9.80. The summed E-state index contributed by atoms with van der Waals surface area (Å²) >= 11 is 0. The monoisotopic (exact) mass is 444 g/mol. The van der Waals surface area contributed by atoms with Crippen molar-refractivity contribution < 1.29 is 13.2 Å². The second-order valence-corrected chi connectivity index (χ2v) is 10.0. The van der Waals surface area contributed by atoms with E-state index in [0.717, 1.165) is 44.1 Å². The van der Waals surface area contributed by atoms with Crippen molar-refractivity contribution in [1.82, 2.24) is 9.21 Å². The molecule has 0 unspecified atom stereocenters. The fourth-order valence-corrected chi connectivity index (χ4v) is 5.01. The lowest BCUT2D eigenvalue weighted by Crippen LogP contribution is -2.46. The van der Waals surface area contributed by atoms with E-state index in [1.165, 1.54) is 16.4 Å². The third kappa shape index (κ3) is 5.26. The van der Waals surface area contributed by atoms with Crippen LogP contribution in [-0.2, 0) is 10.0 Å². The van der Waals surface area contributed by atoms with E-state index in [4.69, 9.17) is 0 Å². The number of piperazine rings is 1. The van der Waals surface area contributed by atoms with Crippen molar-refractivity contribution in [2.24, 2.45) is 0 Å². The molecule has 0 spiro atoms. The van der Waals surface area contributed by atoms with Gasteiger partial charge in [0.2, 0.25) is 10.0 Å². The number of carbonyl (C=O) groups is 1. The Morgan fingerprint density at radius 2 is 1.74 bits per heavy atom. The summed E-state index contributed by atoms with van der Waals surface area (Å²) in [4.78, 5) is 17.8. The van der Waals surface area contributed by atoms with Crippen molar-refractivity contribution in [3.8, 4) is 0 Å². The van der Waals surface area contributed by atoms with Crippen molar-refractivity contribution in [3.05, 3.63) is 54.1 Å². The molecule has 1 fully saturated rings. The fraction of sp³-hybridized carbons (Fsp3) is 0.435. The standard InChI is InChI=1S/C23H32N4O3S/c1-5-26-13-15-27(16-14-26)22-12-7-6-11-21(22)24-23(28)19-9-8-10-20(17-19)31(29,30)25(4)18(2)3/h6-12,17-18H,5,13-16H2,1-4H3,(H,24,28). The summed E-state index contributed by atoms with van der Waals surface area (Å²) in [6.45, 7) is 10.6. The van der Waals surface area contributed by atoms with Gasteiger partial charge in [0, 0.05) is 44.8 Å². The maximum atomic E-state index is 13.0. The summed E-state index contributed by atoms with van der Waals surface area (Å²) in [5.41, 5.74) is 2.02. The molecule has 31 heavy (non-hydrogen) atoms. The van der Waals surface area contributed by atoms with E-state index >= 15 is 0 Å². The number of nitrogens with one attached hydrogen (secondary N) is 1. The van der Waals surface area contributed by atoms with E-state index in [1.807, 2.05) is 38.1 Å². The Hall–Kier alpha value is -2.42. The lowest BCUT2D eigenvalue weighted by Gasteiger charge is -2.36. The number of hydrogen-bond donors (Lipinski definition) is 1. The van der Waals surface area contributed by atoms with E-state index in [-0.39, 0.29) is 16.8 Å². The zero-order chi connectivity index (χ0) is 22.6. The molecule has 0 saturated carbocycles. The molecule has 0 radical (unpaired) electrons. The predicted molar refractivity (Wildman–Crippen MR) is 125 cm³/mol. The second-order valence-electron chi connectivity index (χ2n) is 8.04. The quantitative estimate of drug-likeness (QED) is 0.710. The minimum Gasteiger partial charge on any atom is -0.367 e. The third-order valence-corrected chi connectivity index (χ3v) is 7.84. The maximum Gasteiger partial charge on any atom is 0.255 e. The topological polar surface area (TPSA) is 73.0 Å². The SMILES string of the molecule is CCN1CCN(c2ccccc2NC(=O)c2cccc(S(=O)(=O)N(C)C(C)C)c2)CC1. The lowest BCUT2D eigenvalue weighted by molar-refractivity contribution is 0.102. The molecule has 0 aromatic heterocycles. The normalized spacial score (nSPS) is 15.5. The number of nitrogens with zero attached hydrogens (tertiary/aromatic N) is 3. The molecule has 1 amide bonds. The van der Waals surface area contributed by atoms with Gasteiger partial charge in [-0.15, -0.1) is 0 Å². The Labute approximate surface area is 185 Å². The minimum atomic E-state index is -3.66. The Morgan fingerprint density at radius 1 is 1.06 bits per heavy atom. The number of benzene rings is 2. The summed E-state index contributed by atoms with van der Waals surface area (Å²) < 4.78 is 26.9. The van der Waals surface area contributed by atoms with Crippen LogP contribution < -0.4 is 10.2 Å². The van der Waals surface area contributed by atoms with Gasteiger partial charge in [0.25, 0.3) is 5.91 Å². The van der Waals surface area contributed by atoms with Crippen LogP contribution in [0.1, 0.15) is 31.1 Å². The Morgan fingerprint density at radius 3 is 2.39 bits per heavy atom. The van der Waals surface area contributed by atoms with Gasteiger partial charge in [0.15, 0.2) is 0 Å². The van der Waals surface area contributed by atoms with Crippen LogP contribution in [0.25, 0.3) is 0 Å². The molecule has 1 aliphatic heterocycles. The van der Waals surface area contributed by atoms with Gasteiger partial charge in [0.05, 0.1) is 16.3 Å². The number of rotatable bonds is 7. The van der Waals surface area contributed by atoms with E-state index in [2.05, 4.69) is 22.0 Å². The average Bonchev–Trinajstić information content (AvgIpc) is 2.79. The van der Waals surface area contributed by atoms with Crippen LogP contribution >= 0.6 is 0 Å². The average molecular weight is 445 g/mol. The van der Waals surface area contributed by atoms with E-state index < -0.39 is 10.0 Å². The van der Waals surface area contributed by atoms with Gasteiger partial charge in [-0.25, -0.2) is 8.42 Å². The molecule has 7 nitrogen and oxygen atoms in total. The van der Waals surface area contributed by atoms with Crippen LogP contribution in [0.3, 0.4) is 0 Å². The highest BCUT2D eigenvalue weighted by molar-refractivity contribution is 7.89. The minimum absolute atomic E-state index is 0.111. The van der Waals surface area contributed by atoms with Crippen LogP contribution in [0.2, 0.25) is 0 Å². The van der Waals surface area contributed by atoms with Gasteiger partial charge in [-0.1, -0.05) is 25.1 Å². The van der Waals surface area contributed by atoms with Crippen molar-refractivity contribution >= 4 is 27.3 Å². The number of anilines is 2. The van der Waals surface area contributed by atoms with Crippen molar-refractivity contribution in [3.63, 3.8) is 0 Å². The van der Waals surface area contributed by atoms with Gasteiger partial charge in [0.1, 0.15) is 0 Å². The van der Waals surface area contributed by atoms with Crippen molar-refractivity contribution in [1.29, 1.82) is 0 Å². The van der Waals surface area contributed by atoms with Gasteiger partial charge in [-0.05, 0) is 50.7 Å². The maximum absolute atomic E-state index is 13.0. The number of carbonyl (C=O) groups excluding carboxylic acids is 1. The molecule has 1 aliphatic rings. The first kappa shape index (κ1) is 23.2. The zero-order valence-corrected chi connectivity index (χ0v) is 19.5. The van der Waals surface area contributed by atoms with Crippen molar-refractivity contribution in [2.45, 2.75) is 31.7 Å². The highest BCUT2D eigenvalue weighted by atomic mass is 32.2. The molecule has 2 aromatic carbocycles. The molecule has 2 aromatic rings. The number of amides is 1. The molecule has 168 valence electrons. The van der Waals surface area contributed by atoms with E-state index in [0.29, 0.717) is 5.56 Å². The van der Waals surface area contributed by atoms with Crippen LogP contribution in [0.4, 0.5) is 11.4 Å². The summed E-state index contributed by atoms with van der Waals surface area (Å²) in [6.07, 6.45) is 0. The first-order valence-corrected chi connectivity index (χ1v) is 12.1. The number of para-hydroxylation sites is 2. The smallest absolute Gasteiger partial charge is 0.255 e. The molecule has 3 rings (SSSR count). The highest BCUT2D eigenvalue weighted by Crippen LogP contribution is 2.27. The summed E-state index contributed by atoms with van der Waals surface area (Å²) in [5, 5.41) is 2.98. The van der Waals surface area contributed by atoms with Crippen LogP contribution in [0.15, 0.2) is 53.4 Å². The molecule has 0 aliphatic carbocycles. The third-order valence-electron chi connectivity index (χ3n) is 5.81. The van der Waals surface area contributed by atoms with Gasteiger partial charge < -0.3 is 15.1 Å². The fourth-order valence-electron chi connectivity index (χ4n) is 3.60. The van der Waals surface area contributed by atoms with Gasteiger partial charge >= 0.3 is 0 Å². The van der Waals surface area contributed by atoms with Crippen LogP contribution in [0.5, 0.6) is 0 Å². The summed E-state index contributed by atoms with van der Waals surface area (Å²) in [7, 11) is -2.12. The van der Waals surface area contributed by atoms with Crippen LogP contribution in [0, 0.1) is 0 Å². The summed E-state index contributed by atoms with van der Waals surface area (Å²) in [6, 6.07) is 13.8. The van der Waals surface area contributed by atoms with Crippen molar-refractivity contribution in [2.75, 3.05) is 50.0 Å². The van der Waals surface area contributed by atoms with E-state index in [1.54, 1.807) is 19.2 Å². The van der Waals surface area contributed by atoms with Crippen LogP contribution in [-0.4, -0.2) is 69.3 Å². The Bertz CT molecular complexity index is 1010. The van der Waals surface area contributed by atoms with Gasteiger partial charge in [-0.3, -0.25) is 4.79 Å². The first-order valence-electron chi connectivity index (χ1n) is 10.7. The molecular weight excluding hydrogens is 412 g/mol. The molecular formula is C23H32N4O3S. The largest absolute Gasteiger partial charge is 0.367 e. The summed E-state index contributed by atoms with van der Waals surface area (Å²) in [5.74, 6) is -0.330. The Balaban J connectivity index is 1.81. The molecule has 0 bridgehead atoms. The molecule has 1 heterocycles.